The minimum absolute atomic E-state index is 0.000215. The third-order valence-corrected chi connectivity index (χ3v) is 19.0. The zero-order valence-corrected chi connectivity index (χ0v) is 51.6. The first-order chi connectivity index (χ1) is 39.6. The number of nitrogens with zero attached hydrogens (tertiary/aromatic N) is 4. The molecule has 9 rings (SSSR count). The lowest BCUT2D eigenvalue weighted by Crippen LogP contribution is -2.25. The van der Waals surface area contributed by atoms with Crippen molar-refractivity contribution in [3.63, 3.8) is 0 Å². The second-order valence-electron chi connectivity index (χ2n) is 21.4. The number of nitriles is 2. The van der Waals surface area contributed by atoms with Crippen LogP contribution in [0.25, 0.3) is 23.3 Å². The second-order valence-corrected chi connectivity index (χ2v) is 25.4. The van der Waals surface area contributed by atoms with Crippen molar-refractivity contribution in [1.82, 2.24) is 0 Å². The molecule has 6 aromatic rings. The molecule has 418 valence electrons. The lowest BCUT2D eigenvalue weighted by molar-refractivity contribution is -0.139. The van der Waals surface area contributed by atoms with Crippen LogP contribution in [0.5, 0.6) is 0 Å². The highest BCUT2D eigenvalue weighted by Gasteiger charge is 2.42. The summed E-state index contributed by atoms with van der Waals surface area (Å²) in [6.07, 6.45) is 21.8. The highest BCUT2D eigenvalue weighted by molar-refractivity contribution is 9.10. The summed E-state index contributed by atoms with van der Waals surface area (Å²) in [5.74, 6) is -1.18. The zero-order chi connectivity index (χ0) is 56.6. The minimum Gasteiger partial charge on any atom is -0.462 e. The third kappa shape index (κ3) is 14.6. The van der Waals surface area contributed by atoms with E-state index in [-0.39, 0.29) is 29.8 Å². The number of carbonyl (C=O) groups excluding carboxylic acids is 2. The van der Waals surface area contributed by atoms with Crippen LogP contribution in [0.1, 0.15) is 152 Å². The molecule has 6 aromatic carbocycles. The fraction of sp³-hybridized carbons (Fsp3) is 0.362. The Hall–Kier alpha value is -6.02. The molecule has 0 amide bonds. The van der Waals surface area contributed by atoms with Gasteiger partial charge in [-0.1, -0.05) is 195 Å². The molecule has 0 saturated heterocycles. The van der Waals surface area contributed by atoms with Crippen molar-refractivity contribution in [2.24, 2.45) is 0 Å². The quantitative estimate of drug-likeness (QED) is 0.0204. The number of halogens is 2. The lowest BCUT2D eigenvalue weighted by atomic mass is 9.70. The number of para-hydroxylation sites is 2. The van der Waals surface area contributed by atoms with Gasteiger partial charge in [0.25, 0.3) is 0 Å². The molecule has 0 radical (unpaired) electrons. The van der Waals surface area contributed by atoms with Crippen molar-refractivity contribution in [3.05, 3.63) is 164 Å². The molecule has 0 atom stereocenters. The van der Waals surface area contributed by atoms with Crippen molar-refractivity contribution in [2.75, 3.05) is 36.1 Å². The van der Waals surface area contributed by atoms with Crippen LogP contribution in [0, 0.1) is 22.7 Å². The molecule has 0 N–H and O–H groups in total. The number of ether oxygens (including phenoxy) is 2. The smallest absolute Gasteiger partial charge is 0.348 e. The van der Waals surface area contributed by atoms with Crippen LogP contribution < -0.4 is 9.80 Å². The predicted molar refractivity (Wildman–Crippen MR) is 340 cm³/mol. The summed E-state index contributed by atoms with van der Waals surface area (Å²) in [6, 6.07) is 47.0. The minimum atomic E-state index is -0.589. The standard InChI is InChI=1S/C69H72Br2N4O4S2/c1-3-5-7-19-37-74-59-23-13-15-25-63(59)80-65-43-49(27-33-61(65)74)41-51(47-72)67(76)78-39-21-11-9-17-35-69(57-45-53(70)29-31-55(57)56-32-30-54(71)46-58(56)69)36-18-10-12-22-40-79-68(77)52(48-73)42-50-28-34-62-66(44-50)81-64-26-16-14-24-60(64)75(62)38-20-8-6-4-2/h13-16,23-34,41-46H,3-12,17-22,35-40H2,1-2H3/b51-41-,52-42+. The monoisotopic (exact) mass is 1240 g/mol. The number of hydrogen-bond donors (Lipinski definition) is 0. The van der Waals surface area contributed by atoms with Crippen LogP contribution in [0.2, 0.25) is 0 Å². The third-order valence-electron chi connectivity index (χ3n) is 15.8. The summed E-state index contributed by atoms with van der Waals surface area (Å²) in [4.78, 5) is 36.0. The number of benzene rings is 6. The fourth-order valence-electron chi connectivity index (χ4n) is 11.7. The van der Waals surface area contributed by atoms with Gasteiger partial charge in [0.15, 0.2) is 0 Å². The molecule has 0 unspecified atom stereocenters. The van der Waals surface area contributed by atoms with E-state index in [2.05, 4.69) is 177 Å². The van der Waals surface area contributed by atoms with E-state index in [0.717, 1.165) is 119 Å². The van der Waals surface area contributed by atoms with E-state index in [9.17, 15) is 20.1 Å². The molecule has 0 fully saturated rings. The molecule has 1 aliphatic carbocycles. The normalized spacial score (nSPS) is 13.7. The van der Waals surface area contributed by atoms with Crippen LogP contribution in [0.4, 0.5) is 22.7 Å². The number of carbonyl (C=O) groups is 2. The lowest BCUT2D eigenvalue weighted by Gasteiger charge is -2.33. The number of fused-ring (bicyclic) bond motifs is 7. The average molecular weight is 1250 g/mol. The molecule has 2 aliphatic heterocycles. The molecule has 0 saturated carbocycles. The van der Waals surface area contributed by atoms with Gasteiger partial charge in [-0.2, -0.15) is 10.5 Å². The molecule has 0 spiro atoms. The highest BCUT2D eigenvalue weighted by Crippen LogP contribution is 2.56. The first kappa shape index (κ1) is 59.6. The predicted octanol–water partition coefficient (Wildman–Crippen LogP) is 20.0. The number of esters is 2. The van der Waals surface area contributed by atoms with Gasteiger partial charge in [-0.05, 0) is 157 Å². The molecule has 12 heteroatoms. The van der Waals surface area contributed by atoms with Gasteiger partial charge in [-0.3, -0.25) is 0 Å². The van der Waals surface area contributed by atoms with Crippen LogP contribution >= 0.6 is 55.4 Å². The van der Waals surface area contributed by atoms with Crippen LogP contribution in [0.15, 0.2) is 161 Å². The van der Waals surface area contributed by atoms with Gasteiger partial charge in [0.2, 0.25) is 0 Å². The van der Waals surface area contributed by atoms with Crippen LogP contribution in [-0.4, -0.2) is 38.2 Å². The van der Waals surface area contributed by atoms with Crippen LogP contribution in [0.3, 0.4) is 0 Å². The molecular weight excluding hydrogens is 1170 g/mol. The Morgan fingerprint density at radius 1 is 0.494 bits per heavy atom. The van der Waals surface area contributed by atoms with E-state index in [4.69, 9.17) is 9.47 Å². The molecular formula is C69H72Br2N4O4S2. The van der Waals surface area contributed by atoms with E-state index < -0.39 is 11.9 Å². The molecule has 2 heterocycles. The Balaban J connectivity index is 0.762. The van der Waals surface area contributed by atoms with Gasteiger partial charge in [0.05, 0.1) is 36.0 Å². The van der Waals surface area contributed by atoms with E-state index in [1.54, 1.807) is 35.7 Å². The van der Waals surface area contributed by atoms with Crippen molar-refractivity contribution < 1.29 is 19.1 Å². The number of hydrogen-bond acceptors (Lipinski definition) is 10. The Morgan fingerprint density at radius 3 is 1.33 bits per heavy atom. The number of unbranched alkanes of at least 4 members (excludes halogenated alkanes) is 12. The SMILES string of the molecule is CCCCCCN1c2ccccc2Sc2cc(/C=C(/C#N)C(=O)OCCCCCCC3(CCCCCCOC(=O)/C(C#N)=C/c4ccc5c(c4)Sc4ccccc4N5CCCCCC)c4cc(Br)ccc4-c4ccc(Br)cc43)ccc21. The Kier molecular flexibility index (Phi) is 21.6. The maximum atomic E-state index is 13.3. The van der Waals surface area contributed by atoms with Gasteiger partial charge in [0, 0.05) is 47.0 Å². The average Bonchev–Trinajstić information content (AvgIpc) is 3.08. The van der Waals surface area contributed by atoms with E-state index in [1.807, 2.05) is 12.1 Å². The number of rotatable bonds is 28. The molecule has 3 aliphatic rings. The Bertz CT molecular complexity index is 3140. The van der Waals surface area contributed by atoms with Crippen molar-refractivity contribution in [1.29, 1.82) is 10.5 Å². The summed E-state index contributed by atoms with van der Waals surface area (Å²) in [7, 11) is 0. The summed E-state index contributed by atoms with van der Waals surface area (Å²) in [5, 5.41) is 20.2. The molecule has 0 aromatic heterocycles. The zero-order valence-electron chi connectivity index (χ0n) is 46.8. The number of anilines is 4. The van der Waals surface area contributed by atoms with Gasteiger partial charge in [-0.25, -0.2) is 9.59 Å². The van der Waals surface area contributed by atoms with Gasteiger partial charge in [0.1, 0.15) is 23.3 Å². The van der Waals surface area contributed by atoms with E-state index in [1.165, 1.54) is 81.9 Å². The van der Waals surface area contributed by atoms with Gasteiger partial charge in [-0.15, -0.1) is 0 Å². The van der Waals surface area contributed by atoms with Crippen LogP contribution in [-0.2, 0) is 24.5 Å². The first-order valence-electron chi connectivity index (χ1n) is 29.2. The van der Waals surface area contributed by atoms with Gasteiger partial charge < -0.3 is 19.3 Å². The molecule has 8 nitrogen and oxygen atoms in total. The topological polar surface area (TPSA) is 107 Å². The summed E-state index contributed by atoms with van der Waals surface area (Å²) in [5.41, 5.74) is 11.4. The van der Waals surface area contributed by atoms with Gasteiger partial charge >= 0.3 is 11.9 Å². The second kappa shape index (κ2) is 29.3. The van der Waals surface area contributed by atoms with E-state index >= 15 is 0 Å². The summed E-state index contributed by atoms with van der Waals surface area (Å²) in [6.45, 7) is 6.85. The fourth-order valence-corrected chi connectivity index (χ4v) is 14.7. The van der Waals surface area contributed by atoms with Crippen molar-refractivity contribution >= 4 is 102 Å². The van der Waals surface area contributed by atoms with E-state index in [0.29, 0.717) is 12.8 Å². The Labute approximate surface area is 505 Å². The molecule has 0 bridgehead atoms. The highest BCUT2D eigenvalue weighted by atomic mass is 79.9. The van der Waals surface area contributed by atoms with Crippen molar-refractivity contribution in [2.45, 2.75) is 154 Å². The Morgan fingerprint density at radius 2 is 0.901 bits per heavy atom. The first-order valence-corrected chi connectivity index (χ1v) is 32.4. The summed E-state index contributed by atoms with van der Waals surface area (Å²) < 4.78 is 13.6. The molecule has 81 heavy (non-hydrogen) atoms. The maximum absolute atomic E-state index is 13.3. The maximum Gasteiger partial charge on any atom is 0.348 e. The largest absolute Gasteiger partial charge is 0.462 e. The van der Waals surface area contributed by atoms with Crippen molar-refractivity contribution in [3.8, 4) is 23.3 Å². The summed E-state index contributed by atoms with van der Waals surface area (Å²) >= 11 is 11.1.